The molecular weight excluding hydrogens is 132 g/mol. The van der Waals surface area contributed by atoms with Crippen molar-refractivity contribution in [1.29, 1.82) is 0 Å². The van der Waals surface area contributed by atoms with Crippen LogP contribution in [0.5, 0.6) is 0 Å². The van der Waals surface area contributed by atoms with Crippen LogP contribution in [-0.4, -0.2) is 0 Å². The van der Waals surface area contributed by atoms with Crippen molar-refractivity contribution >= 4 is 0 Å². The summed E-state index contributed by atoms with van der Waals surface area (Å²) >= 11 is 0. The van der Waals surface area contributed by atoms with Gasteiger partial charge in [-0.2, -0.15) is 0 Å². The van der Waals surface area contributed by atoms with E-state index in [0.29, 0.717) is 5.41 Å². The summed E-state index contributed by atoms with van der Waals surface area (Å²) in [5, 5.41) is 0. The van der Waals surface area contributed by atoms with Crippen LogP contribution in [0.3, 0.4) is 0 Å². The highest BCUT2D eigenvalue weighted by molar-refractivity contribution is 5.16. The molecule has 0 heteroatoms. The first-order valence-corrected chi connectivity index (χ1v) is 4.81. The molecule has 11 heavy (non-hydrogen) atoms. The Morgan fingerprint density at radius 2 is 1.82 bits per heavy atom. The minimum absolute atomic E-state index is 0.405. The maximum atomic E-state index is 3.47. The van der Waals surface area contributed by atoms with Crippen molar-refractivity contribution in [3.05, 3.63) is 0 Å². The average molecular weight is 148 g/mol. The number of rotatable bonds is 0. The van der Waals surface area contributed by atoms with Gasteiger partial charge in [0, 0.05) is 11.3 Å². The van der Waals surface area contributed by atoms with Gasteiger partial charge in [-0.1, -0.05) is 24.7 Å². The van der Waals surface area contributed by atoms with E-state index in [2.05, 4.69) is 18.8 Å². The monoisotopic (exact) mass is 148 g/mol. The highest BCUT2D eigenvalue weighted by Gasteiger charge is 2.27. The number of hydrogen-bond donors (Lipinski definition) is 0. The van der Waals surface area contributed by atoms with Gasteiger partial charge in [-0.3, -0.25) is 0 Å². The second kappa shape index (κ2) is 2.55. The lowest BCUT2D eigenvalue weighted by Gasteiger charge is -2.13. The summed E-state index contributed by atoms with van der Waals surface area (Å²) in [6.45, 7) is 2.33. The fourth-order valence-corrected chi connectivity index (χ4v) is 1.78. The van der Waals surface area contributed by atoms with Gasteiger partial charge < -0.3 is 0 Å². The molecule has 60 valence electrons. The molecule has 0 aliphatic heterocycles. The molecule has 2 aliphatic rings. The second-order valence-electron chi connectivity index (χ2n) is 4.31. The van der Waals surface area contributed by atoms with E-state index in [1.165, 1.54) is 38.5 Å². The van der Waals surface area contributed by atoms with Crippen LogP contribution >= 0.6 is 0 Å². The zero-order valence-corrected chi connectivity index (χ0v) is 7.32. The lowest BCUT2D eigenvalue weighted by atomic mass is 9.90. The third kappa shape index (κ3) is 1.77. The van der Waals surface area contributed by atoms with Gasteiger partial charge in [0.2, 0.25) is 0 Å². The van der Waals surface area contributed by atoms with Crippen LogP contribution in [0.25, 0.3) is 0 Å². The normalized spacial score (nSPS) is 27.7. The summed E-state index contributed by atoms with van der Waals surface area (Å²) in [6.07, 6.45) is 8.21. The van der Waals surface area contributed by atoms with Gasteiger partial charge >= 0.3 is 0 Å². The quantitative estimate of drug-likeness (QED) is 0.463. The Kier molecular flexibility index (Phi) is 1.68. The van der Waals surface area contributed by atoms with Crippen molar-refractivity contribution in [2.75, 3.05) is 0 Å². The molecule has 2 rings (SSSR count). The Labute approximate surface area is 69.4 Å². The molecule has 2 saturated carbocycles. The maximum absolute atomic E-state index is 3.47. The third-order valence-corrected chi connectivity index (χ3v) is 2.86. The molecule has 0 radical (unpaired) electrons. The van der Waals surface area contributed by atoms with Crippen LogP contribution in [0.4, 0.5) is 0 Å². The molecule has 0 N–H and O–H groups in total. The summed E-state index contributed by atoms with van der Waals surface area (Å²) in [4.78, 5) is 0. The highest BCUT2D eigenvalue weighted by Crippen LogP contribution is 2.37. The Balaban J connectivity index is 1.97. The molecule has 0 aromatic rings. The summed E-state index contributed by atoms with van der Waals surface area (Å²) < 4.78 is 0. The first kappa shape index (κ1) is 7.22. The van der Waals surface area contributed by atoms with Gasteiger partial charge in [-0.25, -0.2) is 0 Å². The Hall–Kier alpha value is -0.440. The first-order valence-electron chi connectivity index (χ1n) is 4.81. The molecule has 0 heterocycles. The first-order chi connectivity index (χ1) is 5.29. The molecule has 0 aromatic heterocycles. The molecule has 0 unspecified atom stereocenters. The molecule has 2 aliphatic carbocycles. The van der Waals surface area contributed by atoms with Gasteiger partial charge in [0.1, 0.15) is 0 Å². The predicted molar refractivity (Wildman–Crippen MR) is 47.1 cm³/mol. The fourth-order valence-electron chi connectivity index (χ4n) is 1.78. The summed E-state index contributed by atoms with van der Waals surface area (Å²) in [7, 11) is 0. The predicted octanol–water partition coefficient (Wildman–Crippen LogP) is 2.98. The zero-order valence-electron chi connectivity index (χ0n) is 7.32. The van der Waals surface area contributed by atoms with Crippen molar-refractivity contribution in [3.63, 3.8) is 0 Å². The molecular formula is C11H16. The molecule has 2 fully saturated rings. The highest BCUT2D eigenvalue weighted by atomic mass is 14.3. The lowest BCUT2D eigenvalue weighted by molar-refractivity contribution is 0.468. The van der Waals surface area contributed by atoms with Gasteiger partial charge in [0.15, 0.2) is 0 Å². The van der Waals surface area contributed by atoms with E-state index in [1.54, 1.807) is 0 Å². The van der Waals surface area contributed by atoms with Gasteiger partial charge in [-0.15, -0.1) is 0 Å². The standard InChI is InChI=1S/C11H16/c1-11(7-2-3-8-11)9-6-10-4-5-10/h10H,2-5,7-8H2,1H3. The second-order valence-corrected chi connectivity index (χ2v) is 4.31. The average Bonchev–Trinajstić information content (AvgIpc) is 2.73. The van der Waals surface area contributed by atoms with Crippen LogP contribution in [-0.2, 0) is 0 Å². The molecule has 0 spiro atoms. The molecule has 0 nitrogen and oxygen atoms in total. The van der Waals surface area contributed by atoms with Gasteiger partial charge in [0.05, 0.1) is 0 Å². The summed E-state index contributed by atoms with van der Waals surface area (Å²) in [6, 6.07) is 0. The van der Waals surface area contributed by atoms with E-state index < -0.39 is 0 Å². The van der Waals surface area contributed by atoms with E-state index in [0.717, 1.165) is 5.92 Å². The van der Waals surface area contributed by atoms with Crippen molar-refractivity contribution in [2.24, 2.45) is 11.3 Å². The van der Waals surface area contributed by atoms with Crippen LogP contribution in [0.2, 0.25) is 0 Å². The largest absolute Gasteiger partial charge is 0.0993 e. The molecule has 0 bridgehead atoms. The van der Waals surface area contributed by atoms with E-state index in [1.807, 2.05) is 0 Å². The van der Waals surface area contributed by atoms with Crippen molar-refractivity contribution < 1.29 is 0 Å². The Morgan fingerprint density at radius 1 is 1.18 bits per heavy atom. The van der Waals surface area contributed by atoms with Crippen LogP contribution < -0.4 is 0 Å². The van der Waals surface area contributed by atoms with Crippen molar-refractivity contribution in [3.8, 4) is 11.8 Å². The van der Waals surface area contributed by atoms with Gasteiger partial charge in [-0.05, 0) is 32.6 Å². The molecule has 0 aromatic carbocycles. The minimum Gasteiger partial charge on any atom is -0.0993 e. The van der Waals surface area contributed by atoms with E-state index in [4.69, 9.17) is 0 Å². The van der Waals surface area contributed by atoms with Gasteiger partial charge in [0.25, 0.3) is 0 Å². The summed E-state index contributed by atoms with van der Waals surface area (Å²) in [5.74, 6) is 7.64. The minimum atomic E-state index is 0.405. The topological polar surface area (TPSA) is 0 Å². The smallest absolute Gasteiger partial charge is 0.0286 e. The maximum Gasteiger partial charge on any atom is 0.0286 e. The van der Waals surface area contributed by atoms with Crippen molar-refractivity contribution in [1.82, 2.24) is 0 Å². The lowest BCUT2D eigenvalue weighted by Crippen LogP contribution is -2.06. The Bertz CT molecular complexity index is 194. The van der Waals surface area contributed by atoms with Crippen LogP contribution in [0, 0.1) is 23.2 Å². The fraction of sp³-hybridized carbons (Fsp3) is 0.818. The molecule has 0 amide bonds. The number of hydrogen-bond acceptors (Lipinski definition) is 0. The van der Waals surface area contributed by atoms with Crippen molar-refractivity contribution in [2.45, 2.75) is 45.4 Å². The Morgan fingerprint density at radius 3 is 2.36 bits per heavy atom. The van der Waals surface area contributed by atoms with E-state index >= 15 is 0 Å². The van der Waals surface area contributed by atoms with Crippen LogP contribution in [0.15, 0.2) is 0 Å². The van der Waals surface area contributed by atoms with E-state index in [-0.39, 0.29) is 0 Å². The van der Waals surface area contributed by atoms with Crippen LogP contribution in [0.1, 0.15) is 45.4 Å². The van der Waals surface area contributed by atoms with E-state index in [9.17, 15) is 0 Å². The third-order valence-electron chi connectivity index (χ3n) is 2.86. The molecule has 0 saturated heterocycles. The summed E-state index contributed by atoms with van der Waals surface area (Å²) in [5.41, 5.74) is 0.405. The SMILES string of the molecule is CC1(C#CC2CC2)CCCC1. The molecule has 0 atom stereocenters. The zero-order chi connectivity index (χ0) is 7.73.